The Labute approximate surface area is 128 Å². The molecule has 5 nitrogen and oxygen atoms in total. The quantitative estimate of drug-likeness (QED) is 0.939. The summed E-state index contributed by atoms with van der Waals surface area (Å²) in [6.45, 7) is 2.71. The van der Waals surface area contributed by atoms with E-state index in [0.29, 0.717) is 25.3 Å². The van der Waals surface area contributed by atoms with Crippen LogP contribution in [-0.2, 0) is 22.6 Å². The van der Waals surface area contributed by atoms with E-state index in [1.165, 1.54) is 0 Å². The maximum atomic E-state index is 12.6. The fourth-order valence-electron chi connectivity index (χ4n) is 2.86. The monoisotopic (exact) mass is 298 g/mol. The minimum Gasteiger partial charge on any atom is -0.467 e. The number of furan rings is 1. The average molecular weight is 298 g/mol. The van der Waals surface area contributed by atoms with Crippen molar-refractivity contribution in [3.8, 4) is 0 Å². The molecule has 1 N–H and O–H groups in total. The molecule has 22 heavy (non-hydrogen) atoms. The Kier molecular flexibility index (Phi) is 3.96. The molecule has 3 rings (SSSR count). The summed E-state index contributed by atoms with van der Waals surface area (Å²) < 4.78 is 5.22. The van der Waals surface area contributed by atoms with Gasteiger partial charge < -0.3 is 14.6 Å². The predicted octanol–water partition coefficient (Wildman–Crippen LogP) is 2.04. The summed E-state index contributed by atoms with van der Waals surface area (Å²) in [6.07, 6.45) is 1.92. The second-order valence-corrected chi connectivity index (χ2v) is 5.26. The Hall–Kier alpha value is -2.56. The van der Waals surface area contributed by atoms with Gasteiger partial charge in [-0.2, -0.15) is 0 Å². The van der Waals surface area contributed by atoms with Crippen LogP contribution in [-0.4, -0.2) is 23.3 Å². The van der Waals surface area contributed by atoms with Crippen molar-refractivity contribution in [2.75, 3.05) is 6.54 Å². The second-order valence-electron chi connectivity index (χ2n) is 5.26. The highest BCUT2D eigenvalue weighted by molar-refractivity contribution is 5.92. The molecule has 1 aromatic carbocycles. The Balaban J connectivity index is 1.85. The number of amides is 2. The van der Waals surface area contributed by atoms with Crippen LogP contribution in [0.2, 0.25) is 0 Å². The SMILES string of the molecule is CCN1C(=O)Cc2ccccc2[C@H]1C(=O)NCc1ccco1. The van der Waals surface area contributed by atoms with Gasteiger partial charge in [-0.1, -0.05) is 24.3 Å². The van der Waals surface area contributed by atoms with Crippen molar-refractivity contribution in [3.05, 3.63) is 59.5 Å². The smallest absolute Gasteiger partial charge is 0.247 e. The van der Waals surface area contributed by atoms with E-state index in [0.717, 1.165) is 11.1 Å². The van der Waals surface area contributed by atoms with E-state index < -0.39 is 6.04 Å². The van der Waals surface area contributed by atoms with Crippen LogP contribution in [0.4, 0.5) is 0 Å². The maximum Gasteiger partial charge on any atom is 0.247 e. The van der Waals surface area contributed by atoms with Crippen molar-refractivity contribution < 1.29 is 14.0 Å². The Morgan fingerprint density at radius 2 is 2.14 bits per heavy atom. The number of fused-ring (bicyclic) bond motifs is 1. The molecule has 0 fully saturated rings. The van der Waals surface area contributed by atoms with E-state index in [1.54, 1.807) is 23.3 Å². The van der Waals surface area contributed by atoms with Crippen LogP contribution in [0.5, 0.6) is 0 Å². The summed E-state index contributed by atoms with van der Waals surface area (Å²) in [4.78, 5) is 26.5. The summed E-state index contributed by atoms with van der Waals surface area (Å²) in [6, 6.07) is 10.6. The Morgan fingerprint density at radius 1 is 1.32 bits per heavy atom. The van der Waals surface area contributed by atoms with E-state index in [-0.39, 0.29) is 11.8 Å². The van der Waals surface area contributed by atoms with E-state index >= 15 is 0 Å². The fraction of sp³-hybridized carbons (Fsp3) is 0.294. The number of hydrogen-bond donors (Lipinski definition) is 1. The van der Waals surface area contributed by atoms with E-state index in [2.05, 4.69) is 5.32 Å². The molecule has 2 aromatic rings. The number of hydrogen-bond acceptors (Lipinski definition) is 3. The number of likely N-dealkylation sites (N-methyl/N-ethyl adjacent to an activating group) is 1. The standard InChI is InChI=1S/C17H18N2O3/c1-2-19-15(20)10-12-6-3-4-8-14(12)16(19)17(21)18-11-13-7-5-9-22-13/h3-9,16H,2,10-11H2,1H3,(H,18,21)/t16-/m0/s1. The molecule has 0 bridgehead atoms. The number of carbonyl (C=O) groups is 2. The summed E-state index contributed by atoms with van der Waals surface area (Å²) in [5.74, 6) is 0.491. The number of nitrogens with zero attached hydrogens (tertiary/aromatic N) is 1. The Morgan fingerprint density at radius 3 is 2.86 bits per heavy atom. The second kappa shape index (κ2) is 6.05. The lowest BCUT2D eigenvalue weighted by molar-refractivity contribution is -0.141. The van der Waals surface area contributed by atoms with Crippen molar-refractivity contribution in [1.82, 2.24) is 10.2 Å². The van der Waals surface area contributed by atoms with Gasteiger partial charge >= 0.3 is 0 Å². The van der Waals surface area contributed by atoms with Gasteiger partial charge in [-0.25, -0.2) is 0 Å². The summed E-state index contributed by atoms with van der Waals surface area (Å²) in [5, 5.41) is 2.85. The zero-order valence-corrected chi connectivity index (χ0v) is 12.4. The van der Waals surface area contributed by atoms with Gasteiger partial charge in [0.25, 0.3) is 0 Å². The molecule has 1 aromatic heterocycles. The number of nitrogens with one attached hydrogen (secondary N) is 1. The summed E-state index contributed by atoms with van der Waals surface area (Å²) >= 11 is 0. The first-order chi connectivity index (χ1) is 10.7. The highest BCUT2D eigenvalue weighted by Crippen LogP contribution is 2.30. The highest BCUT2D eigenvalue weighted by Gasteiger charge is 2.35. The van der Waals surface area contributed by atoms with Gasteiger partial charge in [0.15, 0.2) is 0 Å². The lowest BCUT2D eigenvalue weighted by atomic mass is 9.91. The molecule has 0 radical (unpaired) electrons. The van der Waals surface area contributed by atoms with E-state index in [1.807, 2.05) is 31.2 Å². The molecule has 5 heteroatoms. The van der Waals surface area contributed by atoms with Gasteiger partial charge in [-0.3, -0.25) is 9.59 Å². The topological polar surface area (TPSA) is 62.6 Å². The maximum absolute atomic E-state index is 12.6. The van der Waals surface area contributed by atoms with Gasteiger partial charge in [0.1, 0.15) is 11.8 Å². The van der Waals surface area contributed by atoms with Gasteiger partial charge in [0, 0.05) is 6.54 Å². The molecule has 2 heterocycles. The van der Waals surface area contributed by atoms with Crippen molar-refractivity contribution in [2.24, 2.45) is 0 Å². The van der Waals surface area contributed by atoms with Crippen LogP contribution < -0.4 is 5.32 Å². The number of benzene rings is 1. The third-order valence-corrected chi connectivity index (χ3v) is 3.93. The lowest BCUT2D eigenvalue weighted by Crippen LogP contribution is -2.47. The minimum atomic E-state index is -0.572. The van der Waals surface area contributed by atoms with Crippen LogP contribution in [0.1, 0.15) is 29.9 Å². The van der Waals surface area contributed by atoms with Gasteiger partial charge in [0.2, 0.25) is 11.8 Å². The Bertz CT molecular complexity index is 679. The molecule has 114 valence electrons. The van der Waals surface area contributed by atoms with Crippen LogP contribution in [0.25, 0.3) is 0 Å². The molecular formula is C17H18N2O3. The first-order valence-electron chi connectivity index (χ1n) is 7.38. The van der Waals surface area contributed by atoms with Crippen molar-refractivity contribution in [2.45, 2.75) is 25.9 Å². The fourth-order valence-corrected chi connectivity index (χ4v) is 2.86. The van der Waals surface area contributed by atoms with Gasteiger partial charge in [-0.15, -0.1) is 0 Å². The van der Waals surface area contributed by atoms with Crippen LogP contribution in [0, 0.1) is 0 Å². The third-order valence-electron chi connectivity index (χ3n) is 3.93. The van der Waals surface area contributed by atoms with Crippen molar-refractivity contribution >= 4 is 11.8 Å². The highest BCUT2D eigenvalue weighted by atomic mass is 16.3. The minimum absolute atomic E-state index is 0.0145. The van der Waals surface area contributed by atoms with Crippen molar-refractivity contribution in [3.63, 3.8) is 0 Å². The van der Waals surface area contributed by atoms with Crippen molar-refractivity contribution in [1.29, 1.82) is 0 Å². The summed E-state index contributed by atoms with van der Waals surface area (Å²) in [7, 11) is 0. The molecule has 1 aliphatic heterocycles. The first-order valence-corrected chi connectivity index (χ1v) is 7.38. The summed E-state index contributed by atoms with van der Waals surface area (Å²) in [5.41, 5.74) is 1.83. The lowest BCUT2D eigenvalue weighted by Gasteiger charge is -2.35. The molecule has 0 saturated carbocycles. The molecule has 0 spiro atoms. The van der Waals surface area contributed by atoms with Crippen LogP contribution in [0.3, 0.4) is 0 Å². The molecule has 0 aliphatic carbocycles. The van der Waals surface area contributed by atoms with Gasteiger partial charge in [0.05, 0.1) is 19.2 Å². The molecule has 0 saturated heterocycles. The zero-order chi connectivity index (χ0) is 15.5. The zero-order valence-electron chi connectivity index (χ0n) is 12.4. The molecule has 1 aliphatic rings. The van der Waals surface area contributed by atoms with E-state index in [4.69, 9.17) is 4.42 Å². The van der Waals surface area contributed by atoms with E-state index in [9.17, 15) is 9.59 Å². The van der Waals surface area contributed by atoms with Crippen LogP contribution >= 0.6 is 0 Å². The molecular weight excluding hydrogens is 280 g/mol. The van der Waals surface area contributed by atoms with Gasteiger partial charge in [-0.05, 0) is 30.2 Å². The molecule has 1 atom stereocenters. The molecule has 2 amide bonds. The third kappa shape index (κ3) is 2.62. The molecule has 0 unspecified atom stereocenters. The number of rotatable bonds is 4. The largest absolute Gasteiger partial charge is 0.467 e. The van der Waals surface area contributed by atoms with Crippen LogP contribution in [0.15, 0.2) is 47.1 Å². The number of carbonyl (C=O) groups excluding carboxylic acids is 2. The average Bonchev–Trinajstić information content (AvgIpc) is 3.04. The first kappa shape index (κ1) is 14.4. The predicted molar refractivity (Wildman–Crippen MR) is 80.8 cm³/mol. The normalized spacial score (nSPS) is 17.2.